The number of carbonyl (C=O) groups excluding carboxylic acids is 12. The molecular formula is C82H126N12O16. The summed E-state index contributed by atoms with van der Waals surface area (Å²) < 4.78 is 22.9. The monoisotopic (exact) mass is 1530 g/mol. The maximum atomic E-state index is 14.9. The highest BCUT2D eigenvalue weighted by molar-refractivity contribution is 6.04. The lowest BCUT2D eigenvalue weighted by molar-refractivity contribution is -0.149. The van der Waals surface area contributed by atoms with Gasteiger partial charge in [0.25, 0.3) is 0 Å². The molecule has 0 bridgehead atoms. The Morgan fingerprint density at radius 3 is 1.90 bits per heavy atom. The zero-order chi connectivity index (χ0) is 81.6. The number of hydrogen-bond donors (Lipinski definition) is 7. The smallest absolute Gasteiger partial charge is 0.414 e. The van der Waals surface area contributed by atoms with Crippen molar-refractivity contribution in [3.05, 3.63) is 95.6 Å². The molecule has 0 aromatic heterocycles. The zero-order valence-corrected chi connectivity index (χ0v) is 68.0. The minimum Gasteiger partial charge on any atom is -0.467 e. The van der Waals surface area contributed by atoms with E-state index in [9.17, 15) is 57.5 Å². The fourth-order valence-corrected chi connectivity index (χ4v) is 14.6. The summed E-state index contributed by atoms with van der Waals surface area (Å²) in [5.74, 6) is -5.54. The molecule has 12 amide bonds. The number of carbonyl (C=O) groups is 12. The summed E-state index contributed by atoms with van der Waals surface area (Å²) in [6, 6.07) is 17.0. The van der Waals surface area contributed by atoms with Crippen LogP contribution in [0.3, 0.4) is 0 Å². The van der Waals surface area contributed by atoms with Crippen LogP contribution < -0.4 is 42.5 Å². The number of nitrogens with two attached hydrogens (primary N) is 1. The van der Waals surface area contributed by atoms with Gasteiger partial charge in [-0.25, -0.2) is 14.4 Å². The first kappa shape index (κ1) is 91.6. The van der Waals surface area contributed by atoms with Crippen molar-refractivity contribution in [1.82, 2.24) is 46.2 Å². The Labute approximate surface area is 651 Å². The molecule has 28 nitrogen and oxygen atoms in total. The quantitative estimate of drug-likeness (QED) is 0.0160. The Kier molecular flexibility index (Phi) is 37.8. The predicted octanol–water partition coefficient (Wildman–Crippen LogP) is 7.91. The number of ether oxygens (including phenoxy) is 4. The van der Waals surface area contributed by atoms with Crippen LogP contribution in [0.1, 0.15) is 170 Å². The lowest BCUT2D eigenvalue weighted by Crippen LogP contribution is -2.60. The molecule has 610 valence electrons. The third kappa shape index (κ3) is 26.9. The number of nitrogens with one attached hydrogen (secondary N) is 6. The molecular weight excluding hydrogens is 1410 g/mol. The second kappa shape index (κ2) is 45.3. The minimum atomic E-state index is -1.08. The van der Waals surface area contributed by atoms with Crippen molar-refractivity contribution in [2.75, 3.05) is 78.9 Å². The number of benzene rings is 3. The molecule has 0 radical (unpaired) electrons. The number of primary amides is 1. The molecule has 0 spiro atoms. The molecule has 2 unspecified atom stereocenters. The van der Waals surface area contributed by atoms with Crippen LogP contribution in [0.25, 0.3) is 0 Å². The Hall–Kier alpha value is -9.02. The van der Waals surface area contributed by atoms with Gasteiger partial charge >= 0.3 is 18.1 Å². The molecule has 5 rings (SSSR count). The predicted molar refractivity (Wildman–Crippen MR) is 420 cm³/mol. The summed E-state index contributed by atoms with van der Waals surface area (Å²) in [5, 5.41) is 16.9. The van der Waals surface area contributed by atoms with E-state index < -0.39 is 96.2 Å². The summed E-state index contributed by atoms with van der Waals surface area (Å²) in [7, 11) is 9.47. The number of amides is 12. The van der Waals surface area contributed by atoms with Crippen molar-refractivity contribution in [3.63, 3.8) is 0 Å². The number of likely N-dealkylation sites (N-methyl/N-ethyl adjacent to an activating group) is 2. The molecule has 2 fully saturated rings. The van der Waals surface area contributed by atoms with Crippen molar-refractivity contribution >= 4 is 82.6 Å². The lowest BCUT2D eigenvalue weighted by atomic mass is 9.89. The Balaban J connectivity index is 1.12. The SMILES string of the molecule is CCC(C)C1CC(=O)N(CCCCCC(=O)N[C@H](C(=O)N[C@@H](CCCNC(N)=O)C(=O)Nc2ccc(COC(=O)N(C)c3ccc(CCN(C)[C@H](C(=O)N[C@H](C(=O)N(C)[C@@H]([C@@H](C)CC)[C@@H](CC(=O)N4CCC[C@H]4[C@H](OC)[C@@H](C)C(=O)N[C@@H](Cc4ccccc4)C(=O)OC)OC)C(C)C)C(C)C)cc3)cc2)C(C)C)C1=O. The topological polar surface area (TPSA) is 356 Å². The number of hydrogen-bond acceptors (Lipinski definition) is 17. The van der Waals surface area contributed by atoms with Crippen LogP contribution in [0.5, 0.6) is 0 Å². The van der Waals surface area contributed by atoms with E-state index in [2.05, 4.69) is 31.9 Å². The van der Waals surface area contributed by atoms with Crippen LogP contribution in [0, 0.1) is 41.4 Å². The summed E-state index contributed by atoms with van der Waals surface area (Å²) >= 11 is 0. The number of nitrogens with zero attached hydrogens (tertiary/aromatic N) is 5. The number of urea groups is 1. The van der Waals surface area contributed by atoms with E-state index in [1.54, 1.807) is 81.1 Å². The summed E-state index contributed by atoms with van der Waals surface area (Å²) in [6.07, 6.45) is 3.67. The van der Waals surface area contributed by atoms with Gasteiger partial charge in [0.1, 0.15) is 30.8 Å². The highest BCUT2D eigenvalue weighted by Crippen LogP contribution is 2.32. The average Bonchev–Trinajstić information content (AvgIpc) is 1.47. The van der Waals surface area contributed by atoms with Gasteiger partial charge in [0.2, 0.25) is 53.2 Å². The normalized spacial score (nSPS) is 17.4. The standard InChI is InChI=1S/C82H126N12O16/c1-18-53(9)61-47-67(96)94(78(61)102)43-25-21-24-32-66(95)88-69(50(3)4)76(100)86-62(30-26-42-84-81(83)105)75(99)85-59-37-33-58(34-38-59)49-110-82(106)91(13)60-39-35-56(36-40-60)41-45-90(12)71(52(7)8)77(101)89-70(51(5)6)79(103)92(14)72(54(10)19-2)65(107-15)48-68(97)93-44-27-31-64(93)73(108-16)55(11)74(98)87-63(80(104)109-17)46-57-28-22-20-23-29-57/h20,22-23,28-29,33-40,50-55,61-65,69-73H,18-19,21,24-27,30-32,41-49H2,1-17H3,(H,85,99)(H,86,100)(H,87,98)(H,88,95)(H,89,101)(H3,83,84,105)/t53?,54-,55+,61?,62-,63-,64-,65+,69-,70-,71-,72-,73+/m0/s1. The van der Waals surface area contributed by atoms with Crippen molar-refractivity contribution in [1.29, 1.82) is 0 Å². The van der Waals surface area contributed by atoms with E-state index in [0.717, 1.165) is 17.5 Å². The molecule has 0 aliphatic carbocycles. The van der Waals surface area contributed by atoms with Gasteiger partial charge in [0, 0.05) is 91.0 Å². The molecule has 110 heavy (non-hydrogen) atoms. The van der Waals surface area contributed by atoms with Gasteiger partial charge in [-0.2, -0.15) is 0 Å². The third-order valence-corrected chi connectivity index (χ3v) is 21.6. The van der Waals surface area contributed by atoms with E-state index in [-0.39, 0.29) is 123 Å². The van der Waals surface area contributed by atoms with Gasteiger partial charge in [-0.15, -0.1) is 0 Å². The molecule has 0 saturated carbocycles. The largest absolute Gasteiger partial charge is 0.467 e. The van der Waals surface area contributed by atoms with Crippen LogP contribution >= 0.6 is 0 Å². The Morgan fingerprint density at radius 2 is 1.31 bits per heavy atom. The first-order chi connectivity index (χ1) is 52.2. The van der Waals surface area contributed by atoms with Gasteiger partial charge in [-0.3, -0.25) is 57.9 Å². The van der Waals surface area contributed by atoms with Gasteiger partial charge in [0.05, 0.1) is 49.8 Å². The highest BCUT2D eigenvalue weighted by Gasteiger charge is 2.45. The number of esters is 1. The summed E-state index contributed by atoms with van der Waals surface area (Å²) in [5.41, 5.74) is 8.63. The Morgan fingerprint density at radius 1 is 0.664 bits per heavy atom. The number of imide groups is 1. The second-order valence-corrected chi connectivity index (χ2v) is 30.7. The maximum absolute atomic E-state index is 14.9. The van der Waals surface area contributed by atoms with Crippen LogP contribution in [0.2, 0.25) is 0 Å². The number of anilines is 2. The Bertz CT molecular complexity index is 3510. The molecule has 28 heteroatoms. The first-order valence-electron chi connectivity index (χ1n) is 39.1. The van der Waals surface area contributed by atoms with Crippen molar-refractivity contribution in [2.45, 2.75) is 227 Å². The first-order valence-corrected chi connectivity index (χ1v) is 39.1. The summed E-state index contributed by atoms with van der Waals surface area (Å²) in [6.45, 7) is 22.2. The van der Waals surface area contributed by atoms with Gasteiger partial charge in [-0.1, -0.05) is 150 Å². The number of unbranched alkanes of at least 4 members (excludes halogenated alkanes) is 2. The van der Waals surface area contributed by atoms with Gasteiger partial charge in [0.15, 0.2) is 0 Å². The lowest BCUT2D eigenvalue weighted by Gasteiger charge is -2.41. The fraction of sp³-hybridized carbons (Fsp3) is 0.634. The number of rotatable bonds is 45. The van der Waals surface area contributed by atoms with Crippen molar-refractivity contribution < 1.29 is 76.5 Å². The average molecular weight is 1540 g/mol. The third-order valence-electron chi connectivity index (χ3n) is 21.6. The van der Waals surface area contributed by atoms with Crippen LogP contribution in [0.4, 0.5) is 21.0 Å². The molecule has 13 atom stereocenters. The minimum absolute atomic E-state index is 0.0694. The molecule has 2 aliphatic heterocycles. The van der Waals surface area contributed by atoms with E-state index >= 15 is 0 Å². The van der Waals surface area contributed by atoms with Crippen LogP contribution in [-0.2, 0) is 86.3 Å². The molecule has 2 saturated heterocycles. The number of likely N-dealkylation sites (tertiary alicyclic amines) is 2. The maximum Gasteiger partial charge on any atom is 0.414 e. The van der Waals surface area contributed by atoms with Crippen molar-refractivity contribution in [3.8, 4) is 0 Å². The van der Waals surface area contributed by atoms with E-state index in [1.807, 2.05) is 110 Å². The fourth-order valence-electron chi connectivity index (χ4n) is 14.6. The van der Waals surface area contributed by atoms with E-state index in [4.69, 9.17) is 24.7 Å². The molecule has 3 aromatic rings. The molecule has 8 N–H and O–H groups in total. The zero-order valence-electron chi connectivity index (χ0n) is 68.0. The van der Waals surface area contributed by atoms with E-state index in [0.29, 0.717) is 81.5 Å². The van der Waals surface area contributed by atoms with Gasteiger partial charge < -0.3 is 66.4 Å². The molecule has 3 aromatic carbocycles. The van der Waals surface area contributed by atoms with Crippen molar-refractivity contribution in [2.24, 2.45) is 47.2 Å². The second-order valence-electron chi connectivity index (χ2n) is 30.7. The van der Waals surface area contributed by atoms with Gasteiger partial charge in [-0.05, 0) is 123 Å². The summed E-state index contributed by atoms with van der Waals surface area (Å²) in [4.78, 5) is 170. The van der Waals surface area contributed by atoms with E-state index in [1.165, 1.54) is 31.1 Å². The van der Waals surface area contributed by atoms with Crippen LogP contribution in [0.15, 0.2) is 78.9 Å². The number of methoxy groups -OCH3 is 3. The highest BCUT2D eigenvalue weighted by atomic mass is 16.6. The molecule has 2 heterocycles. The molecule has 2 aliphatic rings. The van der Waals surface area contributed by atoms with Crippen LogP contribution in [-0.4, -0.2) is 214 Å².